The molecule has 0 spiro atoms. The van der Waals surface area contributed by atoms with Gasteiger partial charge in [0.2, 0.25) is 0 Å². The Morgan fingerprint density at radius 2 is 1.57 bits per heavy atom. The van der Waals surface area contributed by atoms with Gasteiger partial charge >= 0.3 is 0 Å². The van der Waals surface area contributed by atoms with Gasteiger partial charge in [-0.1, -0.05) is 54.6 Å². The van der Waals surface area contributed by atoms with Crippen LogP contribution in [-0.4, -0.2) is 14.9 Å². The molecule has 0 amide bonds. The minimum absolute atomic E-state index is 0.199. The molecule has 0 aliphatic carbocycles. The molecule has 4 rings (SSSR count). The maximum atomic E-state index is 12.4. The molecule has 5 heteroatoms. The van der Waals surface area contributed by atoms with E-state index < -0.39 is 6.10 Å². The van der Waals surface area contributed by atoms with E-state index in [-0.39, 0.29) is 5.56 Å². The predicted octanol–water partition coefficient (Wildman–Crippen LogP) is 4.96. The number of para-hydroxylation sites is 2. The van der Waals surface area contributed by atoms with Crippen LogP contribution in [0.15, 0.2) is 89.7 Å². The highest BCUT2D eigenvalue weighted by molar-refractivity contribution is 5.83. The summed E-state index contributed by atoms with van der Waals surface area (Å²) < 4.78 is 7.44. The molecule has 1 N–H and O–H groups in total. The highest BCUT2D eigenvalue weighted by Gasteiger charge is 2.16. The molecule has 0 aliphatic heterocycles. The molecule has 3 aromatic carbocycles. The molecule has 30 heavy (non-hydrogen) atoms. The predicted molar refractivity (Wildman–Crippen MR) is 117 cm³/mol. The minimum atomic E-state index is -0.555. The number of ether oxygens (including phenoxy) is 1. The van der Waals surface area contributed by atoms with E-state index in [1.54, 1.807) is 20.0 Å². The molecule has 0 bridgehead atoms. The first-order valence-corrected chi connectivity index (χ1v) is 9.72. The van der Waals surface area contributed by atoms with Gasteiger partial charge in [-0.2, -0.15) is 5.10 Å². The van der Waals surface area contributed by atoms with Crippen LogP contribution < -0.4 is 10.3 Å². The number of aliphatic hydroxyl groups is 1. The Morgan fingerprint density at radius 1 is 0.900 bits per heavy atom. The normalized spacial score (nSPS) is 11.8. The number of aryl methyl sites for hydroxylation is 1. The van der Waals surface area contributed by atoms with Crippen LogP contribution in [0.5, 0.6) is 11.5 Å². The van der Waals surface area contributed by atoms with E-state index in [1.807, 2.05) is 78.9 Å². The van der Waals surface area contributed by atoms with Crippen LogP contribution in [0.4, 0.5) is 0 Å². The van der Waals surface area contributed by atoms with Gasteiger partial charge in [0.15, 0.2) is 0 Å². The Kier molecular flexibility index (Phi) is 5.46. The molecule has 1 atom stereocenters. The number of nitrogens with zero attached hydrogens (tertiary/aromatic N) is 2. The molecule has 0 saturated heterocycles. The lowest BCUT2D eigenvalue weighted by molar-refractivity contribution is 0.199. The molecule has 5 nitrogen and oxygen atoms in total. The van der Waals surface area contributed by atoms with Crippen molar-refractivity contribution in [3.05, 3.63) is 101 Å². The van der Waals surface area contributed by atoms with E-state index in [1.165, 1.54) is 4.68 Å². The lowest BCUT2D eigenvalue weighted by Gasteiger charge is -2.15. The van der Waals surface area contributed by atoms with Crippen LogP contribution in [0.1, 0.15) is 18.6 Å². The van der Waals surface area contributed by atoms with Gasteiger partial charge in [-0.3, -0.25) is 4.79 Å². The maximum absolute atomic E-state index is 12.4. The number of aliphatic hydroxyl groups excluding tert-OH is 1. The molecule has 0 aliphatic rings. The first kappa shape index (κ1) is 19.6. The first-order chi connectivity index (χ1) is 14.5. The summed E-state index contributed by atoms with van der Waals surface area (Å²) in [6.07, 6.45) is -0.555. The quantitative estimate of drug-likeness (QED) is 0.516. The van der Waals surface area contributed by atoms with Gasteiger partial charge in [-0.25, -0.2) is 4.68 Å². The second-order valence-corrected chi connectivity index (χ2v) is 7.08. The van der Waals surface area contributed by atoms with Crippen molar-refractivity contribution in [2.45, 2.75) is 13.0 Å². The van der Waals surface area contributed by atoms with Crippen LogP contribution in [-0.2, 0) is 7.05 Å². The van der Waals surface area contributed by atoms with Crippen molar-refractivity contribution in [3.63, 3.8) is 0 Å². The van der Waals surface area contributed by atoms with Crippen molar-refractivity contribution in [2.75, 3.05) is 0 Å². The van der Waals surface area contributed by atoms with Crippen LogP contribution in [0, 0.1) is 0 Å². The van der Waals surface area contributed by atoms with Crippen molar-refractivity contribution in [1.82, 2.24) is 9.78 Å². The zero-order valence-corrected chi connectivity index (χ0v) is 16.8. The topological polar surface area (TPSA) is 64.3 Å². The number of hydrogen-bond donors (Lipinski definition) is 1. The Morgan fingerprint density at radius 3 is 2.27 bits per heavy atom. The summed E-state index contributed by atoms with van der Waals surface area (Å²) in [5, 5.41) is 14.3. The van der Waals surface area contributed by atoms with Crippen molar-refractivity contribution in [3.8, 4) is 33.9 Å². The zero-order valence-electron chi connectivity index (χ0n) is 16.8. The minimum Gasteiger partial charge on any atom is -0.457 e. The largest absolute Gasteiger partial charge is 0.457 e. The SMILES string of the molecule is CC(O)c1ccc(-c2cc(=O)n(C)nc2-c2ccccc2Oc2ccccc2)cc1. The number of benzene rings is 3. The Labute approximate surface area is 174 Å². The highest BCUT2D eigenvalue weighted by Crippen LogP contribution is 2.37. The summed E-state index contributed by atoms with van der Waals surface area (Å²) in [4.78, 5) is 12.4. The molecule has 150 valence electrons. The molecule has 1 unspecified atom stereocenters. The third-order valence-electron chi connectivity index (χ3n) is 4.91. The van der Waals surface area contributed by atoms with Crippen LogP contribution >= 0.6 is 0 Å². The second-order valence-electron chi connectivity index (χ2n) is 7.08. The van der Waals surface area contributed by atoms with Crippen molar-refractivity contribution >= 4 is 0 Å². The van der Waals surface area contributed by atoms with E-state index in [0.29, 0.717) is 17.0 Å². The molecular formula is C25H22N2O3. The fourth-order valence-corrected chi connectivity index (χ4v) is 3.27. The van der Waals surface area contributed by atoms with Crippen molar-refractivity contribution in [2.24, 2.45) is 7.05 Å². The summed E-state index contributed by atoms with van der Waals surface area (Å²) in [6, 6.07) is 26.2. The third kappa shape index (κ3) is 4.02. The van der Waals surface area contributed by atoms with Crippen LogP contribution in [0.2, 0.25) is 0 Å². The Balaban J connectivity index is 1.86. The van der Waals surface area contributed by atoms with Gasteiger partial charge in [0.05, 0.1) is 6.10 Å². The summed E-state index contributed by atoms with van der Waals surface area (Å²) in [5.74, 6) is 1.37. The van der Waals surface area contributed by atoms with E-state index >= 15 is 0 Å². The Hall–Kier alpha value is -3.70. The van der Waals surface area contributed by atoms with E-state index in [0.717, 1.165) is 22.4 Å². The number of aromatic nitrogens is 2. The zero-order chi connectivity index (χ0) is 21.1. The summed E-state index contributed by atoms with van der Waals surface area (Å²) >= 11 is 0. The Bertz CT molecular complexity index is 1210. The lowest BCUT2D eigenvalue weighted by atomic mass is 9.98. The first-order valence-electron chi connectivity index (χ1n) is 9.72. The molecule has 0 saturated carbocycles. The average Bonchev–Trinajstić information content (AvgIpc) is 2.76. The third-order valence-corrected chi connectivity index (χ3v) is 4.91. The molecule has 0 radical (unpaired) electrons. The lowest BCUT2D eigenvalue weighted by Crippen LogP contribution is -2.19. The van der Waals surface area contributed by atoms with E-state index in [4.69, 9.17) is 4.74 Å². The molecular weight excluding hydrogens is 376 g/mol. The van der Waals surface area contributed by atoms with Crippen LogP contribution in [0.25, 0.3) is 22.4 Å². The van der Waals surface area contributed by atoms with E-state index in [2.05, 4.69) is 5.10 Å². The average molecular weight is 398 g/mol. The fourth-order valence-electron chi connectivity index (χ4n) is 3.27. The van der Waals surface area contributed by atoms with Gasteiger partial charge < -0.3 is 9.84 Å². The molecule has 0 fully saturated rings. The van der Waals surface area contributed by atoms with Gasteiger partial charge in [-0.15, -0.1) is 0 Å². The standard InChI is InChI=1S/C25H22N2O3/c1-17(28)18-12-14-19(15-13-18)22-16-24(29)27(2)26-25(22)21-10-6-7-11-23(21)30-20-8-4-3-5-9-20/h3-17,28H,1-2H3. The maximum Gasteiger partial charge on any atom is 0.267 e. The van der Waals surface area contributed by atoms with Crippen molar-refractivity contribution in [1.29, 1.82) is 0 Å². The van der Waals surface area contributed by atoms with Gasteiger partial charge in [-0.05, 0) is 42.3 Å². The van der Waals surface area contributed by atoms with Gasteiger partial charge in [0.25, 0.3) is 5.56 Å². The number of hydrogen-bond acceptors (Lipinski definition) is 4. The molecule has 4 aromatic rings. The summed E-state index contributed by atoms with van der Waals surface area (Å²) in [5.41, 5.74) is 3.59. The second kappa shape index (κ2) is 8.35. The smallest absolute Gasteiger partial charge is 0.267 e. The van der Waals surface area contributed by atoms with Crippen molar-refractivity contribution < 1.29 is 9.84 Å². The van der Waals surface area contributed by atoms with Gasteiger partial charge in [0, 0.05) is 24.2 Å². The summed E-state index contributed by atoms with van der Waals surface area (Å²) in [7, 11) is 1.63. The number of rotatable bonds is 5. The summed E-state index contributed by atoms with van der Waals surface area (Å²) in [6.45, 7) is 1.72. The van der Waals surface area contributed by atoms with E-state index in [9.17, 15) is 9.90 Å². The fraction of sp³-hybridized carbons (Fsp3) is 0.120. The monoisotopic (exact) mass is 398 g/mol. The molecule has 1 aromatic heterocycles. The van der Waals surface area contributed by atoms with Gasteiger partial charge in [0.1, 0.15) is 17.2 Å². The van der Waals surface area contributed by atoms with Crippen LogP contribution in [0.3, 0.4) is 0 Å². The molecule has 1 heterocycles. The highest BCUT2D eigenvalue weighted by atomic mass is 16.5.